The average molecular weight is 323 g/mol. The fraction of sp³-hybridized carbons (Fsp3) is 0.125. The molecular weight excluding hydrogens is 310 g/mol. The number of para-hydroxylation sites is 2. The quantitative estimate of drug-likeness (QED) is 0.461. The molecule has 114 valence electrons. The van der Waals surface area contributed by atoms with Gasteiger partial charge in [0.25, 0.3) is 0 Å². The second kappa shape index (κ2) is 5.51. The highest BCUT2D eigenvalue weighted by Crippen LogP contribution is 2.23. The number of H-pyrrole nitrogens is 1. The topological polar surface area (TPSA) is 75.9 Å². The summed E-state index contributed by atoms with van der Waals surface area (Å²) in [4.78, 5) is 21.0. The zero-order chi connectivity index (χ0) is 15.8. The number of fused-ring (bicyclic) bond motifs is 3. The molecule has 0 amide bonds. The summed E-state index contributed by atoms with van der Waals surface area (Å²) in [6.07, 6.45) is 1.69. The van der Waals surface area contributed by atoms with Gasteiger partial charge >= 0.3 is 0 Å². The molecule has 0 unspecified atom stereocenters. The fourth-order valence-electron chi connectivity index (χ4n) is 2.53. The number of pyridine rings is 1. The van der Waals surface area contributed by atoms with Gasteiger partial charge in [0.15, 0.2) is 10.9 Å². The molecule has 6 nitrogen and oxygen atoms in total. The van der Waals surface area contributed by atoms with Gasteiger partial charge in [-0.3, -0.25) is 14.2 Å². The molecule has 3 aromatic heterocycles. The highest BCUT2D eigenvalue weighted by Gasteiger charge is 2.15. The molecule has 7 heteroatoms. The molecule has 4 rings (SSSR count). The van der Waals surface area contributed by atoms with E-state index in [9.17, 15) is 4.79 Å². The summed E-state index contributed by atoms with van der Waals surface area (Å²) in [5.74, 6) is 1.03. The third kappa shape index (κ3) is 2.39. The number of hydrogen-bond acceptors (Lipinski definition) is 5. The van der Waals surface area contributed by atoms with Crippen LogP contribution in [-0.4, -0.2) is 36.1 Å². The van der Waals surface area contributed by atoms with Crippen LogP contribution in [0.5, 0.6) is 0 Å². The van der Waals surface area contributed by atoms with Gasteiger partial charge in [0.1, 0.15) is 0 Å². The molecule has 3 heterocycles. The van der Waals surface area contributed by atoms with Gasteiger partial charge in [-0.1, -0.05) is 23.9 Å². The maximum Gasteiger partial charge on any atom is 0.231 e. The number of carbonyl (C=O) groups is 1. The molecule has 0 aliphatic carbocycles. The molecule has 1 N–H and O–H groups in total. The number of aromatic nitrogens is 5. The summed E-state index contributed by atoms with van der Waals surface area (Å²) >= 11 is 1.39. The van der Waals surface area contributed by atoms with Crippen LogP contribution in [0, 0.1) is 6.92 Å². The van der Waals surface area contributed by atoms with E-state index in [1.807, 2.05) is 35.6 Å². The van der Waals surface area contributed by atoms with Crippen molar-refractivity contribution in [2.75, 3.05) is 5.75 Å². The Morgan fingerprint density at radius 2 is 2.13 bits per heavy atom. The zero-order valence-electron chi connectivity index (χ0n) is 12.4. The van der Waals surface area contributed by atoms with Crippen molar-refractivity contribution in [3.8, 4) is 0 Å². The Balaban J connectivity index is 1.63. The first-order chi connectivity index (χ1) is 11.2. The van der Waals surface area contributed by atoms with Crippen LogP contribution in [0.4, 0.5) is 0 Å². The normalized spacial score (nSPS) is 11.3. The van der Waals surface area contributed by atoms with Crippen LogP contribution in [0.2, 0.25) is 0 Å². The van der Waals surface area contributed by atoms with E-state index in [1.165, 1.54) is 11.8 Å². The second-order valence-corrected chi connectivity index (χ2v) is 6.06. The predicted molar refractivity (Wildman–Crippen MR) is 88.9 cm³/mol. The summed E-state index contributed by atoms with van der Waals surface area (Å²) in [5.41, 5.74) is 3.28. The molecule has 0 fully saturated rings. The van der Waals surface area contributed by atoms with Gasteiger partial charge in [0, 0.05) is 17.5 Å². The molecule has 0 radical (unpaired) electrons. The minimum Gasteiger partial charge on any atom is -0.293 e. The lowest BCUT2D eigenvalue weighted by Crippen LogP contribution is -2.06. The number of benzene rings is 1. The largest absolute Gasteiger partial charge is 0.293 e. The van der Waals surface area contributed by atoms with E-state index in [1.54, 1.807) is 18.3 Å². The number of imidazole rings is 1. The Morgan fingerprint density at radius 3 is 3.00 bits per heavy atom. The fourth-order valence-corrected chi connectivity index (χ4v) is 3.37. The lowest BCUT2D eigenvalue weighted by Gasteiger charge is -2.03. The molecule has 0 saturated heterocycles. The number of aryl methyl sites for hydroxylation is 1. The Kier molecular flexibility index (Phi) is 3.34. The first kappa shape index (κ1) is 14.0. The van der Waals surface area contributed by atoms with Crippen molar-refractivity contribution in [3.05, 3.63) is 53.9 Å². The summed E-state index contributed by atoms with van der Waals surface area (Å²) in [6, 6.07) is 11.4. The number of Topliss-reactive ketones (excluding diaryl/α,β-unsaturated/α-hetero) is 1. The highest BCUT2D eigenvalue weighted by atomic mass is 32.2. The molecule has 0 saturated carbocycles. The van der Waals surface area contributed by atoms with Crippen LogP contribution < -0.4 is 0 Å². The molecule has 4 aromatic rings. The number of rotatable bonds is 4. The number of nitrogens with one attached hydrogen (secondary N) is 1. The molecule has 0 spiro atoms. The van der Waals surface area contributed by atoms with Crippen molar-refractivity contribution in [2.45, 2.75) is 12.1 Å². The van der Waals surface area contributed by atoms with Crippen LogP contribution in [0.1, 0.15) is 16.1 Å². The minimum absolute atomic E-state index is 0.0428. The van der Waals surface area contributed by atoms with Crippen molar-refractivity contribution in [1.82, 2.24) is 24.6 Å². The van der Waals surface area contributed by atoms with Crippen molar-refractivity contribution in [2.24, 2.45) is 0 Å². The first-order valence-corrected chi connectivity index (χ1v) is 8.12. The maximum absolute atomic E-state index is 12.4. The first-order valence-electron chi connectivity index (χ1n) is 7.13. The maximum atomic E-state index is 12.4. The Hall–Kier alpha value is -2.67. The smallest absolute Gasteiger partial charge is 0.231 e. The van der Waals surface area contributed by atoms with E-state index in [-0.39, 0.29) is 5.78 Å². The summed E-state index contributed by atoms with van der Waals surface area (Å²) < 4.78 is 1.93. The second-order valence-electron chi connectivity index (χ2n) is 5.11. The summed E-state index contributed by atoms with van der Waals surface area (Å²) in [7, 11) is 0. The van der Waals surface area contributed by atoms with Crippen molar-refractivity contribution >= 4 is 34.4 Å². The van der Waals surface area contributed by atoms with Crippen LogP contribution >= 0.6 is 11.8 Å². The Labute approximate surface area is 136 Å². The van der Waals surface area contributed by atoms with Crippen molar-refractivity contribution in [3.63, 3.8) is 0 Å². The lowest BCUT2D eigenvalue weighted by molar-refractivity contribution is 0.102. The molecule has 0 bridgehead atoms. The zero-order valence-corrected chi connectivity index (χ0v) is 13.2. The highest BCUT2D eigenvalue weighted by molar-refractivity contribution is 7.99. The van der Waals surface area contributed by atoms with Crippen molar-refractivity contribution < 1.29 is 4.79 Å². The van der Waals surface area contributed by atoms with E-state index in [4.69, 9.17) is 0 Å². The van der Waals surface area contributed by atoms with Gasteiger partial charge in [-0.2, -0.15) is 0 Å². The number of aromatic amines is 1. The van der Waals surface area contributed by atoms with Gasteiger partial charge in [-0.25, -0.2) is 10.1 Å². The van der Waals surface area contributed by atoms with E-state index < -0.39 is 0 Å². The van der Waals surface area contributed by atoms with Crippen molar-refractivity contribution in [1.29, 1.82) is 0 Å². The van der Waals surface area contributed by atoms with E-state index >= 15 is 0 Å². The summed E-state index contributed by atoms with van der Waals surface area (Å²) in [5, 5.41) is 7.90. The third-order valence-electron chi connectivity index (χ3n) is 3.64. The van der Waals surface area contributed by atoms with Gasteiger partial charge in [-0.05, 0) is 31.2 Å². The lowest BCUT2D eigenvalue weighted by atomic mass is 10.1. The number of carbonyl (C=O) groups excluding carboxylic acids is 1. The van der Waals surface area contributed by atoms with Crippen LogP contribution in [-0.2, 0) is 0 Å². The summed E-state index contributed by atoms with van der Waals surface area (Å²) in [6.45, 7) is 1.84. The number of thioether (sulfide) groups is 1. The Bertz CT molecular complexity index is 1020. The Morgan fingerprint density at radius 1 is 1.26 bits per heavy atom. The van der Waals surface area contributed by atoms with Gasteiger partial charge in [-0.15, -0.1) is 5.10 Å². The van der Waals surface area contributed by atoms with E-state index in [2.05, 4.69) is 20.2 Å². The van der Waals surface area contributed by atoms with E-state index in [0.717, 1.165) is 21.9 Å². The number of ketones is 1. The predicted octanol–water partition coefficient (Wildman–Crippen LogP) is 2.89. The molecule has 23 heavy (non-hydrogen) atoms. The van der Waals surface area contributed by atoms with Crippen LogP contribution in [0.25, 0.3) is 16.8 Å². The van der Waals surface area contributed by atoms with Crippen LogP contribution in [0.15, 0.2) is 47.8 Å². The molecule has 0 aliphatic heterocycles. The molecule has 0 atom stereocenters. The minimum atomic E-state index is 0.0428. The van der Waals surface area contributed by atoms with Gasteiger partial charge < -0.3 is 0 Å². The number of hydrogen-bond donors (Lipinski definition) is 1. The molecule has 1 aromatic carbocycles. The van der Waals surface area contributed by atoms with Crippen LogP contribution in [0.3, 0.4) is 0 Å². The molecular formula is C16H13N5OS. The third-order valence-corrected chi connectivity index (χ3v) is 4.58. The number of nitrogens with zero attached hydrogens (tertiary/aromatic N) is 4. The van der Waals surface area contributed by atoms with E-state index in [0.29, 0.717) is 17.1 Å². The molecule has 0 aliphatic rings. The van der Waals surface area contributed by atoms with Gasteiger partial charge in [0.2, 0.25) is 5.78 Å². The van der Waals surface area contributed by atoms with Gasteiger partial charge in [0.05, 0.1) is 16.8 Å². The SMILES string of the molecule is Cc1ncccc1C(=O)CSc1n[nH]c2nc3ccccc3n12. The standard InChI is InChI=1S/C16H13N5OS/c1-10-11(5-4-8-17-10)14(22)9-23-16-20-19-15-18-12-6-2-3-7-13(12)21(15)16/h2-8H,9H2,1H3,(H,18,19). The average Bonchev–Trinajstić information content (AvgIpc) is 3.12. The monoisotopic (exact) mass is 323 g/mol.